The molecule has 1 unspecified atom stereocenters. The van der Waals surface area contributed by atoms with Crippen LogP contribution in [-0.4, -0.2) is 48.5 Å². The molecule has 1 aromatic rings. The van der Waals surface area contributed by atoms with Gasteiger partial charge in [0.15, 0.2) is 0 Å². The Balaban J connectivity index is 2.15. The van der Waals surface area contributed by atoms with E-state index < -0.39 is 0 Å². The van der Waals surface area contributed by atoms with Crippen molar-refractivity contribution < 1.29 is 0 Å². The van der Waals surface area contributed by atoms with E-state index >= 15 is 0 Å². The molecule has 1 aliphatic rings. The van der Waals surface area contributed by atoms with Gasteiger partial charge in [-0.05, 0) is 33.6 Å². The van der Waals surface area contributed by atoms with Crippen molar-refractivity contribution in [1.29, 1.82) is 0 Å². The average molecular weight is 240 g/mol. The van der Waals surface area contributed by atoms with E-state index in [0.29, 0.717) is 12.6 Å². The maximum absolute atomic E-state index is 5.63. The predicted molar refractivity (Wildman–Crippen MR) is 67.5 cm³/mol. The second-order valence-electron chi connectivity index (χ2n) is 4.48. The summed E-state index contributed by atoms with van der Waals surface area (Å²) in [5.74, 6) is 0. The van der Waals surface area contributed by atoms with Crippen LogP contribution in [-0.2, 0) is 6.54 Å². The molecule has 2 rings (SSSR count). The Hall–Kier alpha value is -0.490. The van der Waals surface area contributed by atoms with Crippen molar-refractivity contribution >= 4 is 11.3 Å². The summed E-state index contributed by atoms with van der Waals surface area (Å²) in [4.78, 5) is 10.5. The summed E-state index contributed by atoms with van der Waals surface area (Å²) in [6.45, 7) is 3.99. The van der Waals surface area contributed by atoms with E-state index in [2.05, 4.69) is 28.9 Å². The van der Waals surface area contributed by atoms with E-state index in [0.717, 1.165) is 13.1 Å². The number of likely N-dealkylation sites (N-methyl/N-ethyl adjacent to an activating group) is 2. The lowest BCUT2D eigenvalue weighted by Crippen LogP contribution is -2.30. The fraction of sp³-hybridized carbons (Fsp3) is 0.727. The molecule has 0 amide bonds. The van der Waals surface area contributed by atoms with Crippen LogP contribution in [0.4, 0.5) is 0 Å². The molecule has 90 valence electrons. The monoisotopic (exact) mass is 240 g/mol. The van der Waals surface area contributed by atoms with Crippen LogP contribution in [0.25, 0.3) is 0 Å². The Morgan fingerprint density at radius 1 is 1.50 bits per heavy atom. The van der Waals surface area contributed by atoms with Gasteiger partial charge in [-0.2, -0.15) is 0 Å². The molecule has 1 aliphatic heterocycles. The molecule has 2 heterocycles. The molecule has 5 heteroatoms. The van der Waals surface area contributed by atoms with Crippen molar-refractivity contribution in [2.24, 2.45) is 5.73 Å². The molecule has 1 saturated heterocycles. The van der Waals surface area contributed by atoms with Gasteiger partial charge < -0.3 is 10.6 Å². The topological polar surface area (TPSA) is 45.4 Å². The third-order valence-corrected chi connectivity index (χ3v) is 4.25. The van der Waals surface area contributed by atoms with Gasteiger partial charge in [0.2, 0.25) is 0 Å². The zero-order valence-corrected chi connectivity index (χ0v) is 10.8. The molecule has 0 saturated carbocycles. The third-order valence-electron chi connectivity index (χ3n) is 3.13. The second kappa shape index (κ2) is 5.23. The molecule has 1 atom stereocenters. The van der Waals surface area contributed by atoms with Gasteiger partial charge in [-0.25, -0.2) is 4.98 Å². The van der Waals surface area contributed by atoms with Crippen LogP contribution in [0.15, 0.2) is 6.20 Å². The van der Waals surface area contributed by atoms with Gasteiger partial charge >= 0.3 is 0 Å². The first kappa shape index (κ1) is 12.0. The lowest BCUT2D eigenvalue weighted by atomic mass is 10.2. The number of hydrogen-bond acceptors (Lipinski definition) is 5. The number of nitrogens with zero attached hydrogens (tertiary/aromatic N) is 3. The fourth-order valence-corrected chi connectivity index (χ4v) is 3.06. The predicted octanol–water partition coefficient (Wildman–Crippen LogP) is 0.910. The molecule has 1 fully saturated rings. The maximum Gasteiger partial charge on any atom is 0.111 e. The molecule has 0 spiro atoms. The van der Waals surface area contributed by atoms with Crippen molar-refractivity contribution in [3.8, 4) is 0 Å². The van der Waals surface area contributed by atoms with Gasteiger partial charge in [-0.1, -0.05) is 0 Å². The Kier molecular flexibility index (Phi) is 3.91. The summed E-state index contributed by atoms with van der Waals surface area (Å²) in [5, 5.41) is 1.21. The van der Waals surface area contributed by atoms with Crippen LogP contribution in [0.2, 0.25) is 0 Å². The Morgan fingerprint density at radius 3 is 3.00 bits per heavy atom. The maximum atomic E-state index is 5.63. The average Bonchev–Trinajstić information content (AvgIpc) is 2.67. The normalized spacial score (nSPS) is 24.6. The summed E-state index contributed by atoms with van der Waals surface area (Å²) < 4.78 is 0. The van der Waals surface area contributed by atoms with Crippen LogP contribution in [0, 0.1) is 0 Å². The largest absolute Gasteiger partial charge is 0.326 e. The number of aromatic nitrogens is 1. The minimum atomic E-state index is 0.429. The van der Waals surface area contributed by atoms with Crippen LogP contribution in [0.3, 0.4) is 0 Å². The Labute approximate surface area is 101 Å². The first-order valence-electron chi connectivity index (χ1n) is 5.74. The third kappa shape index (κ3) is 2.60. The van der Waals surface area contributed by atoms with Crippen molar-refractivity contribution in [3.63, 3.8) is 0 Å². The fourth-order valence-electron chi connectivity index (χ4n) is 2.11. The number of hydrogen-bond donors (Lipinski definition) is 1. The molecule has 4 nitrogen and oxygen atoms in total. The molecule has 1 aromatic heterocycles. The number of thiazole rings is 1. The standard InChI is InChI=1S/C11H20N4S/c1-14-4-3-5-15(2)10(8-14)11-13-7-9(6-12)16-11/h7,10H,3-6,8,12H2,1-2H3. The van der Waals surface area contributed by atoms with E-state index in [1.54, 1.807) is 11.3 Å². The van der Waals surface area contributed by atoms with E-state index in [1.165, 1.54) is 22.9 Å². The quantitative estimate of drug-likeness (QED) is 0.834. The second-order valence-corrected chi connectivity index (χ2v) is 5.63. The summed E-state index contributed by atoms with van der Waals surface area (Å²) in [6.07, 6.45) is 3.15. The van der Waals surface area contributed by atoms with Crippen molar-refractivity contribution in [3.05, 3.63) is 16.1 Å². The first-order valence-corrected chi connectivity index (χ1v) is 6.56. The lowest BCUT2D eigenvalue weighted by molar-refractivity contribution is 0.228. The van der Waals surface area contributed by atoms with Crippen molar-refractivity contribution in [2.45, 2.75) is 19.0 Å². The van der Waals surface area contributed by atoms with Crippen LogP contribution in [0.1, 0.15) is 22.3 Å². The van der Waals surface area contributed by atoms with Gasteiger partial charge in [-0.15, -0.1) is 11.3 Å². The molecule has 0 radical (unpaired) electrons. The molecule has 2 N–H and O–H groups in total. The van der Waals surface area contributed by atoms with Gasteiger partial charge in [0.05, 0.1) is 6.04 Å². The molecule has 0 aliphatic carbocycles. The van der Waals surface area contributed by atoms with Crippen LogP contribution < -0.4 is 5.73 Å². The zero-order valence-electron chi connectivity index (χ0n) is 10.0. The Morgan fingerprint density at radius 2 is 2.31 bits per heavy atom. The van der Waals surface area contributed by atoms with Crippen molar-refractivity contribution in [1.82, 2.24) is 14.8 Å². The van der Waals surface area contributed by atoms with Gasteiger partial charge in [-0.3, -0.25) is 4.90 Å². The van der Waals surface area contributed by atoms with E-state index in [-0.39, 0.29) is 0 Å². The highest BCUT2D eigenvalue weighted by Crippen LogP contribution is 2.26. The van der Waals surface area contributed by atoms with Gasteiger partial charge in [0, 0.05) is 24.2 Å². The highest BCUT2D eigenvalue weighted by Gasteiger charge is 2.24. The minimum Gasteiger partial charge on any atom is -0.326 e. The summed E-state index contributed by atoms with van der Waals surface area (Å²) in [7, 11) is 4.37. The zero-order chi connectivity index (χ0) is 11.5. The molecule has 0 bridgehead atoms. The number of nitrogens with two attached hydrogens (primary N) is 1. The van der Waals surface area contributed by atoms with Crippen molar-refractivity contribution in [2.75, 3.05) is 33.7 Å². The molecule has 16 heavy (non-hydrogen) atoms. The SMILES string of the molecule is CN1CCCN(C)C(c2ncc(CN)s2)C1. The van der Waals surface area contributed by atoms with Crippen LogP contribution in [0.5, 0.6) is 0 Å². The first-order chi connectivity index (χ1) is 7.70. The molecular formula is C11H20N4S. The number of rotatable bonds is 2. The van der Waals surface area contributed by atoms with Gasteiger partial charge in [0.1, 0.15) is 5.01 Å². The van der Waals surface area contributed by atoms with Crippen LogP contribution >= 0.6 is 11.3 Å². The molecule has 0 aromatic carbocycles. The smallest absolute Gasteiger partial charge is 0.111 e. The minimum absolute atomic E-state index is 0.429. The summed E-state index contributed by atoms with van der Waals surface area (Å²) >= 11 is 1.75. The van der Waals surface area contributed by atoms with E-state index in [9.17, 15) is 0 Å². The highest BCUT2D eigenvalue weighted by atomic mass is 32.1. The lowest BCUT2D eigenvalue weighted by Gasteiger charge is -2.25. The summed E-state index contributed by atoms with van der Waals surface area (Å²) in [5.41, 5.74) is 5.63. The highest BCUT2D eigenvalue weighted by molar-refractivity contribution is 7.11. The summed E-state index contributed by atoms with van der Waals surface area (Å²) in [6, 6.07) is 0.429. The van der Waals surface area contributed by atoms with E-state index in [1.807, 2.05) is 6.20 Å². The van der Waals surface area contributed by atoms with Gasteiger partial charge in [0.25, 0.3) is 0 Å². The molecular weight excluding hydrogens is 220 g/mol. The Bertz CT molecular complexity index is 338. The van der Waals surface area contributed by atoms with E-state index in [4.69, 9.17) is 5.73 Å².